The molecule has 0 amide bonds. The van der Waals surface area contributed by atoms with Crippen LogP contribution in [0.5, 0.6) is 0 Å². The Morgan fingerprint density at radius 1 is 1.33 bits per heavy atom. The number of hydrogen-bond acceptors (Lipinski definition) is 4. The topological polar surface area (TPSA) is 42.2 Å². The minimum Gasteiger partial charge on any atom is -0.361 e. The first-order valence-corrected chi connectivity index (χ1v) is 7.79. The molecule has 1 unspecified atom stereocenters. The maximum atomic E-state index is 5.35. The summed E-state index contributed by atoms with van der Waals surface area (Å²) >= 11 is 0. The molecule has 0 bridgehead atoms. The number of aryl methyl sites for hydroxylation is 1. The van der Waals surface area contributed by atoms with Gasteiger partial charge < -0.3 is 9.42 Å². The van der Waals surface area contributed by atoms with E-state index in [2.05, 4.69) is 60.1 Å². The van der Waals surface area contributed by atoms with Gasteiger partial charge in [0.25, 0.3) is 0 Å². The average Bonchev–Trinajstić information content (AvgIpc) is 2.88. The first-order valence-electron chi connectivity index (χ1n) is 7.79. The molecule has 0 radical (unpaired) electrons. The van der Waals surface area contributed by atoms with Crippen molar-refractivity contribution in [2.24, 2.45) is 5.92 Å². The molecular weight excluding hydrogens is 262 g/mol. The fourth-order valence-corrected chi connectivity index (χ4v) is 2.94. The Morgan fingerprint density at radius 3 is 2.95 bits per heavy atom. The van der Waals surface area contributed by atoms with Crippen LogP contribution in [0.2, 0.25) is 0 Å². The van der Waals surface area contributed by atoms with Crippen LogP contribution < -0.4 is 4.90 Å². The van der Waals surface area contributed by atoms with Crippen LogP contribution in [0.4, 0.5) is 5.69 Å². The average molecular weight is 285 g/mol. The summed E-state index contributed by atoms with van der Waals surface area (Å²) < 4.78 is 5.35. The van der Waals surface area contributed by atoms with Gasteiger partial charge in [-0.3, -0.25) is 0 Å². The third-order valence-electron chi connectivity index (χ3n) is 4.07. The summed E-state index contributed by atoms with van der Waals surface area (Å²) in [5.41, 5.74) is 2.73. The van der Waals surface area contributed by atoms with E-state index in [1.807, 2.05) is 0 Å². The van der Waals surface area contributed by atoms with Crippen molar-refractivity contribution in [3.05, 3.63) is 41.5 Å². The molecule has 4 heteroatoms. The van der Waals surface area contributed by atoms with Crippen LogP contribution in [-0.2, 0) is 19.4 Å². The van der Waals surface area contributed by atoms with E-state index in [4.69, 9.17) is 4.52 Å². The standard InChI is InChI=1S/C17H23N3O/c1-12(2)10-17-18-16(19-21-17)11-20-13(3)8-9-14-6-4-5-7-15(14)20/h4-7,12-13H,8-11H2,1-3H3. The van der Waals surface area contributed by atoms with Gasteiger partial charge in [0.1, 0.15) is 0 Å². The van der Waals surface area contributed by atoms with Crippen LogP contribution in [-0.4, -0.2) is 16.2 Å². The second kappa shape index (κ2) is 5.88. The van der Waals surface area contributed by atoms with E-state index < -0.39 is 0 Å². The van der Waals surface area contributed by atoms with Gasteiger partial charge in [-0.05, 0) is 37.3 Å². The minimum atomic E-state index is 0.506. The molecule has 0 saturated carbocycles. The van der Waals surface area contributed by atoms with Gasteiger partial charge in [-0.25, -0.2) is 0 Å². The highest BCUT2D eigenvalue weighted by atomic mass is 16.5. The first-order chi connectivity index (χ1) is 10.1. The highest BCUT2D eigenvalue weighted by Gasteiger charge is 2.24. The van der Waals surface area contributed by atoms with Gasteiger partial charge in [-0.2, -0.15) is 4.98 Å². The molecule has 0 aliphatic carbocycles. The van der Waals surface area contributed by atoms with Crippen molar-refractivity contribution in [3.63, 3.8) is 0 Å². The lowest BCUT2D eigenvalue weighted by atomic mass is 9.97. The Labute approximate surface area is 126 Å². The van der Waals surface area contributed by atoms with Crippen molar-refractivity contribution in [2.75, 3.05) is 4.90 Å². The molecule has 2 aromatic rings. The smallest absolute Gasteiger partial charge is 0.226 e. The predicted molar refractivity (Wildman–Crippen MR) is 83.2 cm³/mol. The van der Waals surface area contributed by atoms with Crippen LogP contribution in [0.15, 0.2) is 28.8 Å². The Kier molecular flexibility index (Phi) is 3.95. The fourth-order valence-electron chi connectivity index (χ4n) is 2.94. The van der Waals surface area contributed by atoms with Crippen molar-refractivity contribution in [1.29, 1.82) is 0 Å². The molecule has 112 valence electrons. The molecule has 0 N–H and O–H groups in total. The number of para-hydroxylation sites is 1. The van der Waals surface area contributed by atoms with Crippen LogP contribution in [0, 0.1) is 5.92 Å². The molecule has 0 saturated heterocycles. The number of hydrogen-bond donors (Lipinski definition) is 0. The largest absolute Gasteiger partial charge is 0.361 e. The third-order valence-corrected chi connectivity index (χ3v) is 4.07. The van der Waals surface area contributed by atoms with Crippen LogP contribution in [0.1, 0.15) is 44.5 Å². The van der Waals surface area contributed by atoms with E-state index in [1.54, 1.807) is 0 Å². The van der Waals surface area contributed by atoms with Gasteiger partial charge in [0.15, 0.2) is 5.82 Å². The van der Waals surface area contributed by atoms with Gasteiger partial charge in [0.2, 0.25) is 5.89 Å². The number of rotatable bonds is 4. The van der Waals surface area contributed by atoms with Crippen LogP contribution in [0.3, 0.4) is 0 Å². The fraction of sp³-hybridized carbons (Fsp3) is 0.529. The molecule has 1 aromatic heterocycles. The lowest BCUT2D eigenvalue weighted by Gasteiger charge is -2.36. The van der Waals surface area contributed by atoms with Gasteiger partial charge in [-0.15, -0.1) is 0 Å². The second-order valence-electron chi connectivity index (χ2n) is 6.35. The minimum absolute atomic E-state index is 0.506. The predicted octanol–water partition coefficient (Wildman–Crippen LogP) is 3.61. The molecule has 1 atom stereocenters. The van der Waals surface area contributed by atoms with E-state index in [0.717, 1.165) is 31.1 Å². The molecule has 1 aliphatic heterocycles. The normalized spacial score (nSPS) is 18.1. The molecule has 0 spiro atoms. The van der Waals surface area contributed by atoms with E-state index in [9.17, 15) is 0 Å². The zero-order chi connectivity index (χ0) is 14.8. The molecule has 21 heavy (non-hydrogen) atoms. The maximum absolute atomic E-state index is 5.35. The molecule has 1 aromatic carbocycles. The highest BCUT2D eigenvalue weighted by molar-refractivity contribution is 5.56. The quantitative estimate of drug-likeness (QED) is 0.860. The molecule has 2 heterocycles. The maximum Gasteiger partial charge on any atom is 0.226 e. The van der Waals surface area contributed by atoms with Crippen molar-refractivity contribution >= 4 is 5.69 Å². The lowest BCUT2D eigenvalue weighted by molar-refractivity contribution is 0.358. The Balaban J connectivity index is 1.79. The summed E-state index contributed by atoms with van der Waals surface area (Å²) in [6, 6.07) is 9.13. The van der Waals surface area contributed by atoms with Gasteiger partial charge in [0, 0.05) is 18.2 Å². The number of anilines is 1. The van der Waals surface area contributed by atoms with Gasteiger partial charge >= 0.3 is 0 Å². The summed E-state index contributed by atoms with van der Waals surface area (Å²) in [5, 5.41) is 4.14. The summed E-state index contributed by atoms with van der Waals surface area (Å²) in [7, 11) is 0. The summed E-state index contributed by atoms with van der Waals surface area (Å²) in [5.74, 6) is 2.07. The van der Waals surface area contributed by atoms with Crippen molar-refractivity contribution in [1.82, 2.24) is 10.1 Å². The Morgan fingerprint density at radius 2 is 2.14 bits per heavy atom. The number of aromatic nitrogens is 2. The summed E-state index contributed by atoms with van der Waals surface area (Å²) in [4.78, 5) is 6.92. The zero-order valence-corrected chi connectivity index (χ0v) is 13.0. The Hall–Kier alpha value is -1.84. The third kappa shape index (κ3) is 3.09. The first kappa shape index (κ1) is 14.1. The highest BCUT2D eigenvalue weighted by Crippen LogP contribution is 2.31. The van der Waals surface area contributed by atoms with Crippen LogP contribution >= 0.6 is 0 Å². The van der Waals surface area contributed by atoms with E-state index >= 15 is 0 Å². The van der Waals surface area contributed by atoms with E-state index in [0.29, 0.717) is 12.0 Å². The number of nitrogens with zero attached hydrogens (tertiary/aromatic N) is 3. The monoisotopic (exact) mass is 285 g/mol. The van der Waals surface area contributed by atoms with Crippen molar-refractivity contribution in [3.8, 4) is 0 Å². The zero-order valence-electron chi connectivity index (χ0n) is 13.0. The number of fused-ring (bicyclic) bond motifs is 1. The second-order valence-corrected chi connectivity index (χ2v) is 6.35. The van der Waals surface area contributed by atoms with E-state index in [-0.39, 0.29) is 0 Å². The molecular formula is C17H23N3O. The van der Waals surface area contributed by atoms with E-state index in [1.165, 1.54) is 17.7 Å². The summed E-state index contributed by atoms with van der Waals surface area (Å²) in [6.07, 6.45) is 3.17. The molecule has 1 aliphatic rings. The van der Waals surface area contributed by atoms with Crippen molar-refractivity contribution < 1.29 is 4.52 Å². The van der Waals surface area contributed by atoms with Crippen molar-refractivity contribution in [2.45, 2.75) is 52.6 Å². The van der Waals surface area contributed by atoms with Gasteiger partial charge in [-0.1, -0.05) is 37.2 Å². The summed E-state index contributed by atoms with van der Waals surface area (Å²) in [6.45, 7) is 7.31. The van der Waals surface area contributed by atoms with Gasteiger partial charge in [0.05, 0.1) is 6.54 Å². The molecule has 4 nitrogen and oxygen atoms in total. The molecule has 3 rings (SSSR count). The molecule has 0 fully saturated rings. The number of benzene rings is 1. The Bertz CT molecular complexity index is 606. The lowest BCUT2D eigenvalue weighted by Crippen LogP contribution is -2.37. The SMILES string of the molecule is CC(C)Cc1nc(CN2c3ccccc3CCC2C)no1. The van der Waals surface area contributed by atoms with Crippen LogP contribution in [0.25, 0.3) is 0 Å².